The molecule has 46 heavy (non-hydrogen) atoms. The van der Waals surface area contributed by atoms with E-state index in [2.05, 4.69) is 15.0 Å². The Kier molecular flexibility index (Phi) is 9.53. The number of benzene rings is 3. The fourth-order valence-corrected chi connectivity index (χ4v) is 6.11. The molecule has 3 aromatic carbocycles. The van der Waals surface area contributed by atoms with Gasteiger partial charge in [0.2, 0.25) is 5.91 Å². The number of nitrogens with one attached hydrogen (secondary N) is 1. The summed E-state index contributed by atoms with van der Waals surface area (Å²) in [6.07, 6.45) is -0.262. The van der Waals surface area contributed by atoms with Crippen molar-refractivity contribution in [2.24, 2.45) is 11.4 Å². The summed E-state index contributed by atoms with van der Waals surface area (Å²) < 4.78 is 47.5. The minimum atomic E-state index is -4.17. The van der Waals surface area contributed by atoms with Gasteiger partial charge in [-0.25, -0.2) is 4.68 Å². The number of anilines is 2. The number of thiocarbonyl (C=S) groups is 1. The van der Waals surface area contributed by atoms with Gasteiger partial charge in [0.05, 0.1) is 30.7 Å². The van der Waals surface area contributed by atoms with Crippen LogP contribution >= 0.6 is 12.2 Å². The highest BCUT2D eigenvalue weighted by molar-refractivity contribution is 7.90. The Morgan fingerprint density at radius 2 is 1.72 bits per heavy atom. The first kappa shape index (κ1) is 32.4. The molecule has 1 N–H and O–H groups in total. The predicted octanol–water partition coefficient (Wildman–Crippen LogP) is 2.60. The van der Waals surface area contributed by atoms with E-state index in [0.29, 0.717) is 29.5 Å². The number of nitrogens with zero attached hydrogens (tertiary/aromatic N) is 5. The van der Waals surface area contributed by atoms with Crippen LogP contribution in [0.15, 0.2) is 86.6 Å². The third-order valence-electron chi connectivity index (χ3n) is 7.21. The van der Waals surface area contributed by atoms with Crippen LogP contribution in [0, 0.1) is 6.92 Å². The van der Waals surface area contributed by atoms with Crippen molar-refractivity contribution >= 4 is 50.5 Å². The standard InChI is InChI=1S/C31H32N6O7S2/c1-5-43-24-14-10-22(11-15-24)37-30(39)26(18-28(38)32-21-8-12-23(42-4)13-9-21)36(31(37)45)19-27-29(44-34-35(27)3)33-46(40,41)25-16-6-20(2)7-17-25/h6-17,26H,5,18-19H2,1-4H3,(H,32,38)/b33-29-. The maximum Gasteiger partial charge on any atom is 0.289 e. The van der Waals surface area contributed by atoms with Crippen molar-refractivity contribution < 1.29 is 36.7 Å². The molecule has 4 aromatic rings. The number of carbonyl (C=O) groups is 2. The van der Waals surface area contributed by atoms with Gasteiger partial charge in [0.1, 0.15) is 31.1 Å². The molecule has 2 amide bonds. The number of amides is 2. The van der Waals surface area contributed by atoms with Crippen molar-refractivity contribution in [3.8, 4) is 11.5 Å². The second-order valence-corrected chi connectivity index (χ2v) is 12.3. The molecule has 2 heterocycles. The largest absolute Gasteiger partial charge is 0.497 e. The van der Waals surface area contributed by atoms with E-state index >= 15 is 0 Å². The maximum absolute atomic E-state index is 14.0. The smallest absolute Gasteiger partial charge is 0.289 e. The van der Waals surface area contributed by atoms with E-state index in [9.17, 15) is 18.0 Å². The first-order valence-electron chi connectivity index (χ1n) is 14.2. The topological polar surface area (TPSA) is 149 Å². The number of ether oxygens (including phenoxy) is 2. The lowest BCUT2D eigenvalue weighted by atomic mass is 10.1. The average Bonchev–Trinajstić information content (AvgIpc) is 3.48. The monoisotopic (exact) mass is 664 g/mol. The quantitative estimate of drug-likeness (QED) is 0.187. The van der Waals surface area contributed by atoms with Crippen molar-refractivity contribution in [2.45, 2.75) is 37.8 Å². The summed E-state index contributed by atoms with van der Waals surface area (Å²) in [6, 6.07) is 18.8. The summed E-state index contributed by atoms with van der Waals surface area (Å²) in [6.45, 7) is 4.04. The van der Waals surface area contributed by atoms with Crippen LogP contribution in [0.5, 0.6) is 11.5 Å². The average molecular weight is 665 g/mol. The Morgan fingerprint density at radius 1 is 1.07 bits per heavy atom. The molecule has 15 heteroatoms. The van der Waals surface area contributed by atoms with E-state index in [1.165, 1.54) is 26.6 Å². The van der Waals surface area contributed by atoms with Gasteiger partial charge in [-0.05, 0) is 86.7 Å². The second-order valence-electron chi connectivity index (χ2n) is 10.3. The van der Waals surface area contributed by atoms with Gasteiger partial charge in [-0.1, -0.05) is 17.7 Å². The third kappa shape index (κ3) is 6.94. The number of carbonyl (C=O) groups excluding carboxylic acids is 2. The fraction of sp³-hybridized carbons (Fsp3) is 0.258. The van der Waals surface area contributed by atoms with Gasteiger partial charge in [0, 0.05) is 5.69 Å². The molecular weight excluding hydrogens is 633 g/mol. The van der Waals surface area contributed by atoms with E-state index < -0.39 is 27.9 Å². The van der Waals surface area contributed by atoms with Gasteiger partial charge in [-0.15, -0.1) is 4.40 Å². The first-order valence-corrected chi connectivity index (χ1v) is 16.1. The lowest BCUT2D eigenvalue weighted by molar-refractivity contribution is -0.752. The Bertz CT molecular complexity index is 1920. The molecule has 1 saturated heterocycles. The van der Waals surface area contributed by atoms with E-state index in [0.717, 1.165) is 5.56 Å². The molecule has 0 spiro atoms. The molecule has 0 aliphatic carbocycles. The lowest BCUT2D eigenvalue weighted by Gasteiger charge is -2.22. The van der Waals surface area contributed by atoms with Gasteiger partial charge < -0.3 is 24.2 Å². The Labute approximate surface area is 271 Å². The maximum atomic E-state index is 14.0. The highest BCUT2D eigenvalue weighted by Gasteiger charge is 2.45. The molecule has 13 nitrogen and oxygen atoms in total. The van der Waals surface area contributed by atoms with Crippen LogP contribution in [-0.2, 0) is 33.2 Å². The number of methoxy groups -OCH3 is 1. The van der Waals surface area contributed by atoms with Crippen LogP contribution in [0.3, 0.4) is 0 Å². The van der Waals surface area contributed by atoms with Gasteiger partial charge >= 0.3 is 0 Å². The number of sulfonamides is 1. The van der Waals surface area contributed by atoms with Crippen molar-refractivity contribution in [3.05, 3.63) is 89.6 Å². The molecule has 0 radical (unpaired) electrons. The Morgan fingerprint density at radius 3 is 2.35 bits per heavy atom. The summed E-state index contributed by atoms with van der Waals surface area (Å²) in [5, 5.41) is 6.77. The SMILES string of the molecule is CCOc1ccc(N2C(=O)C(CC(=O)Nc3ccc(OC)cc3)N(Cc3/c(=N/S(=O)(=O)c4ccc(C)cc4)o[n-][n+]3C)C2=S)cc1. The van der Waals surface area contributed by atoms with Gasteiger partial charge in [0.15, 0.2) is 5.11 Å². The zero-order valence-corrected chi connectivity index (χ0v) is 27.2. The van der Waals surface area contributed by atoms with E-state index in [4.69, 9.17) is 26.2 Å². The molecule has 240 valence electrons. The minimum absolute atomic E-state index is 0.0234. The second kappa shape index (κ2) is 13.5. The molecule has 0 bridgehead atoms. The zero-order chi connectivity index (χ0) is 33.0. The summed E-state index contributed by atoms with van der Waals surface area (Å²) in [5.74, 6) is 0.364. The zero-order valence-electron chi connectivity index (χ0n) is 25.5. The highest BCUT2D eigenvalue weighted by Crippen LogP contribution is 2.30. The molecule has 1 aromatic heterocycles. The molecular formula is C31H32N6O7S2. The van der Waals surface area contributed by atoms with Gasteiger partial charge in [0.25, 0.3) is 27.2 Å². The summed E-state index contributed by atoms with van der Waals surface area (Å²) in [4.78, 5) is 30.1. The van der Waals surface area contributed by atoms with E-state index in [1.54, 1.807) is 74.8 Å². The van der Waals surface area contributed by atoms with Crippen LogP contribution in [0.1, 0.15) is 24.6 Å². The predicted molar refractivity (Wildman–Crippen MR) is 170 cm³/mol. The first-order chi connectivity index (χ1) is 22.0. The fourth-order valence-electron chi connectivity index (χ4n) is 4.78. The number of hydrogen-bond donors (Lipinski definition) is 1. The van der Waals surface area contributed by atoms with Crippen molar-refractivity contribution in [1.29, 1.82) is 0 Å². The summed E-state index contributed by atoms with van der Waals surface area (Å²) >= 11 is 5.80. The van der Waals surface area contributed by atoms with Crippen molar-refractivity contribution in [3.63, 3.8) is 0 Å². The molecule has 1 unspecified atom stereocenters. The van der Waals surface area contributed by atoms with Crippen LogP contribution in [-0.4, -0.2) is 50.0 Å². The minimum Gasteiger partial charge on any atom is -0.497 e. The summed E-state index contributed by atoms with van der Waals surface area (Å²) in [7, 11) is -1.08. The highest BCUT2D eigenvalue weighted by atomic mass is 32.2. The third-order valence-corrected chi connectivity index (χ3v) is 8.90. The van der Waals surface area contributed by atoms with Gasteiger partial charge in [-0.3, -0.25) is 19.8 Å². The van der Waals surface area contributed by atoms with E-state index in [-0.39, 0.29) is 34.2 Å². The van der Waals surface area contributed by atoms with Crippen molar-refractivity contribution in [2.75, 3.05) is 23.9 Å². The van der Waals surface area contributed by atoms with Crippen molar-refractivity contribution in [1.82, 2.24) is 10.2 Å². The number of rotatable bonds is 11. The van der Waals surface area contributed by atoms with Crippen LogP contribution in [0.4, 0.5) is 11.4 Å². The lowest BCUT2D eigenvalue weighted by Crippen LogP contribution is -2.45. The Hall–Kier alpha value is -5.02. The Balaban J connectivity index is 1.48. The van der Waals surface area contributed by atoms with E-state index in [1.807, 2.05) is 13.8 Å². The van der Waals surface area contributed by atoms with Crippen LogP contribution in [0.2, 0.25) is 0 Å². The molecule has 1 atom stereocenters. The molecule has 1 aliphatic heterocycles. The molecule has 5 rings (SSSR count). The molecule has 1 fully saturated rings. The normalized spacial score (nSPS) is 15.4. The number of aryl methyl sites for hydroxylation is 2. The van der Waals surface area contributed by atoms with Crippen LogP contribution < -0.4 is 35.2 Å². The van der Waals surface area contributed by atoms with Gasteiger partial charge in [-0.2, -0.15) is 8.42 Å². The van der Waals surface area contributed by atoms with Crippen LogP contribution in [0.25, 0.3) is 0 Å². The molecule has 0 saturated carbocycles. The number of hydrogen-bond acceptors (Lipinski definition) is 8. The summed E-state index contributed by atoms with van der Waals surface area (Å²) in [5.41, 5.74) is 1.82. The number of aromatic nitrogens is 2. The molecule has 1 aliphatic rings.